The van der Waals surface area contributed by atoms with E-state index in [9.17, 15) is 8.42 Å². The minimum atomic E-state index is -3.97. The van der Waals surface area contributed by atoms with Crippen LogP contribution in [0, 0.1) is 0 Å². The topological polar surface area (TPSA) is 96.3 Å². The third kappa shape index (κ3) is 17.2. The van der Waals surface area contributed by atoms with Crippen molar-refractivity contribution in [3.8, 4) is 0 Å². The van der Waals surface area contributed by atoms with E-state index in [0.29, 0.717) is 26.1 Å². The number of aliphatic hydroxyl groups is 2. The van der Waals surface area contributed by atoms with Crippen LogP contribution in [0.2, 0.25) is 0 Å². The molecule has 2 N–H and O–H groups in total. The minimum Gasteiger partial charge on any atom is -0.395 e. The molecular formula is C18H39NO6S. The van der Waals surface area contributed by atoms with Crippen LogP contribution < -0.4 is 0 Å². The van der Waals surface area contributed by atoms with Crippen molar-refractivity contribution in [3.05, 3.63) is 0 Å². The van der Waals surface area contributed by atoms with E-state index in [2.05, 4.69) is 6.92 Å². The molecule has 0 aliphatic carbocycles. The summed E-state index contributed by atoms with van der Waals surface area (Å²) < 4.78 is 32.9. The third-order valence-corrected chi connectivity index (χ3v) is 5.10. The summed E-state index contributed by atoms with van der Waals surface area (Å²) in [6, 6.07) is 0. The van der Waals surface area contributed by atoms with Gasteiger partial charge in [0.15, 0.2) is 0 Å². The van der Waals surface area contributed by atoms with Crippen molar-refractivity contribution in [2.24, 2.45) is 0 Å². The van der Waals surface area contributed by atoms with E-state index in [1.54, 1.807) is 4.90 Å². The molecule has 0 heterocycles. The van der Waals surface area contributed by atoms with E-state index in [4.69, 9.17) is 18.6 Å². The Balaban J connectivity index is 3.57. The Kier molecular flexibility index (Phi) is 18.0. The predicted octanol–water partition coefficient (Wildman–Crippen LogP) is 2.47. The minimum absolute atomic E-state index is 0.0536. The molecule has 0 spiro atoms. The lowest BCUT2D eigenvalue weighted by Gasteiger charge is -2.19. The van der Waals surface area contributed by atoms with Gasteiger partial charge in [0.2, 0.25) is 0 Å². The summed E-state index contributed by atoms with van der Waals surface area (Å²) in [5.74, 6) is 0. The molecule has 26 heavy (non-hydrogen) atoms. The molecule has 0 amide bonds. The number of hydrogen-bond acceptors (Lipinski definition) is 7. The lowest BCUT2D eigenvalue weighted by Crippen LogP contribution is -2.33. The van der Waals surface area contributed by atoms with Gasteiger partial charge in [-0.25, -0.2) is 8.37 Å². The van der Waals surface area contributed by atoms with E-state index in [-0.39, 0.29) is 26.4 Å². The second-order valence-electron chi connectivity index (χ2n) is 6.52. The first-order chi connectivity index (χ1) is 12.6. The molecule has 0 aromatic rings. The van der Waals surface area contributed by atoms with Gasteiger partial charge in [-0.2, -0.15) is 8.42 Å². The normalized spacial score (nSPS) is 12.2. The fourth-order valence-electron chi connectivity index (χ4n) is 2.67. The second kappa shape index (κ2) is 18.1. The van der Waals surface area contributed by atoms with Crippen molar-refractivity contribution >= 4 is 10.4 Å². The molecule has 158 valence electrons. The Morgan fingerprint density at radius 3 is 1.65 bits per heavy atom. The molecule has 0 bridgehead atoms. The van der Waals surface area contributed by atoms with Crippen LogP contribution >= 0.6 is 0 Å². The number of aliphatic hydroxyl groups excluding tert-OH is 2. The summed E-state index contributed by atoms with van der Waals surface area (Å²) in [6.07, 6.45) is 11.8. The molecule has 0 aliphatic rings. The standard InChI is InChI=1S/C18H39NO6S/c1-2-3-4-5-6-7-8-9-10-11-17-24-26(22,23)25-18-14-19(12-15-20)13-16-21/h20-21H,2-18H2,1H3. The summed E-state index contributed by atoms with van der Waals surface area (Å²) >= 11 is 0. The maximum absolute atomic E-state index is 11.6. The van der Waals surface area contributed by atoms with Gasteiger partial charge in [0, 0.05) is 19.6 Å². The number of nitrogens with zero attached hydrogens (tertiary/aromatic N) is 1. The van der Waals surface area contributed by atoms with Crippen molar-refractivity contribution in [1.82, 2.24) is 4.90 Å². The van der Waals surface area contributed by atoms with Crippen LogP contribution in [-0.4, -0.2) is 69.6 Å². The molecule has 0 saturated carbocycles. The van der Waals surface area contributed by atoms with Gasteiger partial charge in [0.1, 0.15) is 0 Å². The summed E-state index contributed by atoms with van der Waals surface area (Å²) in [7, 11) is -3.97. The third-order valence-electron chi connectivity index (χ3n) is 4.19. The summed E-state index contributed by atoms with van der Waals surface area (Å²) in [5.41, 5.74) is 0. The van der Waals surface area contributed by atoms with Crippen LogP contribution in [0.1, 0.15) is 71.1 Å². The van der Waals surface area contributed by atoms with Crippen molar-refractivity contribution in [3.63, 3.8) is 0 Å². The van der Waals surface area contributed by atoms with Crippen LogP contribution in [0.4, 0.5) is 0 Å². The van der Waals surface area contributed by atoms with Crippen molar-refractivity contribution in [2.75, 3.05) is 46.1 Å². The van der Waals surface area contributed by atoms with Gasteiger partial charge in [0.05, 0.1) is 26.4 Å². The Hall–Kier alpha value is -0.250. The summed E-state index contributed by atoms with van der Waals surface area (Å²) in [5, 5.41) is 17.8. The zero-order chi connectivity index (χ0) is 19.5. The monoisotopic (exact) mass is 397 g/mol. The Morgan fingerprint density at radius 2 is 1.15 bits per heavy atom. The van der Waals surface area contributed by atoms with E-state index in [1.807, 2.05) is 0 Å². The van der Waals surface area contributed by atoms with Gasteiger partial charge in [-0.1, -0.05) is 64.7 Å². The Bertz CT molecular complexity index is 385. The summed E-state index contributed by atoms with van der Waals surface area (Å²) in [6.45, 7) is 3.24. The quantitative estimate of drug-likeness (QED) is 0.305. The first-order valence-electron chi connectivity index (χ1n) is 10.0. The van der Waals surface area contributed by atoms with E-state index in [0.717, 1.165) is 12.8 Å². The van der Waals surface area contributed by atoms with Gasteiger partial charge < -0.3 is 10.2 Å². The van der Waals surface area contributed by atoms with E-state index >= 15 is 0 Å². The van der Waals surface area contributed by atoms with Crippen LogP contribution in [-0.2, 0) is 18.8 Å². The fourth-order valence-corrected chi connectivity index (χ4v) is 3.34. The average Bonchev–Trinajstić information content (AvgIpc) is 2.60. The van der Waals surface area contributed by atoms with E-state index < -0.39 is 10.4 Å². The van der Waals surface area contributed by atoms with Crippen LogP contribution in [0.25, 0.3) is 0 Å². The zero-order valence-corrected chi connectivity index (χ0v) is 17.2. The highest BCUT2D eigenvalue weighted by atomic mass is 32.3. The van der Waals surface area contributed by atoms with Gasteiger partial charge in [-0.15, -0.1) is 0 Å². The highest BCUT2D eigenvalue weighted by Gasteiger charge is 2.13. The SMILES string of the molecule is CCCCCCCCCCCCOS(=O)(=O)OCCN(CCO)CCO. The fraction of sp³-hybridized carbons (Fsp3) is 1.00. The predicted molar refractivity (Wildman–Crippen MR) is 103 cm³/mol. The molecule has 0 aromatic heterocycles. The smallest absolute Gasteiger partial charge is 0.395 e. The van der Waals surface area contributed by atoms with E-state index in [1.165, 1.54) is 44.9 Å². The van der Waals surface area contributed by atoms with Crippen molar-refractivity contribution < 1.29 is 27.0 Å². The molecule has 0 rings (SSSR count). The van der Waals surface area contributed by atoms with Crippen LogP contribution in [0.15, 0.2) is 0 Å². The molecule has 7 nitrogen and oxygen atoms in total. The molecule has 0 fully saturated rings. The molecular weight excluding hydrogens is 358 g/mol. The van der Waals surface area contributed by atoms with Crippen molar-refractivity contribution in [1.29, 1.82) is 0 Å². The molecule has 8 heteroatoms. The van der Waals surface area contributed by atoms with Gasteiger partial charge in [0.25, 0.3) is 0 Å². The maximum atomic E-state index is 11.6. The average molecular weight is 398 g/mol. The van der Waals surface area contributed by atoms with Crippen LogP contribution in [0.3, 0.4) is 0 Å². The number of hydrogen-bond donors (Lipinski definition) is 2. The lowest BCUT2D eigenvalue weighted by molar-refractivity contribution is 0.134. The highest BCUT2D eigenvalue weighted by Crippen LogP contribution is 2.11. The molecule has 0 saturated heterocycles. The van der Waals surface area contributed by atoms with Gasteiger partial charge >= 0.3 is 10.4 Å². The largest absolute Gasteiger partial charge is 0.399 e. The molecule has 0 unspecified atom stereocenters. The molecule has 0 atom stereocenters. The molecule has 0 radical (unpaired) electrons. The maximum Gasteiger partial charge on any atom is 0.399 e. The van der Waals surface area contributed by atoms with Crippen molar-refractivity contribution in [2.45, 2.75) is 71.1 Å². The molecule has 0 aromatic carbocycles. The van der Waals surface area contributed by atoms with Crippen LogP contribution in [0.5, 0.6) is 0 Å². The van der Waals surface area contributed by atoms with Gasteiger partial charge in [-0.3, -0.25) is 4.90 Å². The highest BCUT2D eigenvalue weighted by molar-refractivity contribution is 7.81. The first kappa shape index (κ1) is 25.8. The first-order valence-corrected chi connectivity index (χ1v) is 11.4. The summed E-state index contributed by atoms with van der Waals surface area (Å²) in [4.78, 5) is 1.72. The zero-order valence-electron chi connectivity index (χ0n) is 16.4. The number of unbranched alkanes of at least 4 members (excludes halogenated alkanes) is 9. The second-order valence-corrected chi connectivity index (χ2v) is 7.81. The Morgan fingerprint density at radius 1 is 0.692 bits per heavy atom. The van der Waals surface area contributed by atoms with Gasteiger partial charge in [-0.05, 0) is 6.42 Å². The Labute approximate surface area is 160 Å². The lowest BCUT2D eigenvalue weighted by atomic mass is 10.1. The molecule has 0 aliphatic heterocycles. The number of rotatable bonds is 20.